The van der Waals surface area contributed by atoms with Crippen molar-refractivity contribution in [3.63, 3.8) is 0 Å². The lowest BCUT2D eigenvalue weighted by atomic mass is 10.1. The van der Waals surface area contributed by atoms with E-state index in [0.29, 0.717) is 11.8 Å². The molecule has 2 atom stereocenters. The summed E-state index contributed by atoms with van der Waals surface area (Å²) < 4.78 is 0. The molecule has 2 heteroatoms. The summed E-state index contributed by atoms with van der Waals surface area (Å²) in [5.41, 5.74) is 5.17. The van der Waals surface area contributed by atoms with Gasteiger partial charge in [-0.15, -0.1) is 0 Å². The van der Waals surface area contributed by atoms with Crippen LogP contribution in [-0.4, -0.2) is 10.2 Å². The number of aromatic amines is 1. The molecule has 0 amide bonds. The second-order valence-electron chi connectivity index (χ2n) is 4.84. The van der Waals surface area contributed by atoms with Crippen LogP contribution in [0.1, 0.15) is 40.8 Å². The molecule has 82 valence electrons. The zero-order valence-corrected chi connectivity index (χ0v) is 9.70. The minimum Gasteiger partial charge on any atom is -0.283 e. The number of aromatic nitrogens is 2. The molecule has 1 aliphatic carbocycles. The van der Waals surface area contributed by atoms with Crippen LogP contribution in [0.3, 0.4) is 0 Å². The van der Waals surface area contributed by atoms with Crippen LogP contribution >= 0.6 is 0 Å². The highest BCUT2D eigenvalue weighted by atomic mass is 15.1. The van der Waals surface area contributed by atoms with Crippen molar-refractivity contribution in [2.45, 2.75) is 32.1 Å². The first kappa shape index (κ1) is 9.64. The van der Waals surface area contributed by atoms with E-state index in [1.165, 1.54) is 23.2 Å². The zero-order chi connectivity index (χ0) is 11.1. The van der Waals surface area contributed by atoms with E-state index in [0.717, 1.165) is 5.69 Å². The predicted octanol–water partition coefficient (Wildman–Crippen LogP) is 3.30. The topological polar surface area (TPSA) is 28.7 Å². The van der Waals surface area contributed by atoms with Crippen LogP contribution in [0.15, 0.2) is 30.3 Å². The molecule has 16 heavy (non-hydrogen) atoms. The SMILES string of the molecule is Cc1ccc([C@H]2C[C@@H]2c2cc(C)[nH]n2)cc1. The van der Waals surface area contributed by atoms with Gasteiger partial charge in [-0.1, -0.05) is 29.8 Å². The molecule has 2 aromatic rings. The van der Waals surface area contributed by atoms with E-state index in [1.807, 2.05) is 0 Å². The highest BCUT2D eigenvalue weighted by Gasteiger charge is 2.40. The molecule has 1 aliphatic rings. The van der Waals surface area contributed by atoms with Crippen LogP contribution in [0.25, 0.3) is 0 Å². The molecule has 0 aliphatic heterocycles. The van der Waals surface area contributed by atoms with Crippen LogP contribution in [0.5, 0.6) is 0 Å². The number of hydrogen-bond acceptors (Lipinski definition) is 1. The van der Waals surface area contributed by atoms with Crippen LogP contribution in [-0.2, 0) is 0 Å². The summed E-state index contributed by atoms with van der Waals surface area (Å²) in [4.78, 5) is 0. The molecular formula is C14H16N2. The van der Waals surface area contributed by atoms with E-state index in [2.05, 4.69) is 54.4 Å². The Labute approximate surface area is 95.7 Å². The molecule has 0 saturated heterocycles. The van der Waals surface area contributed by atoms with Gasteiger partial charge < -0.3 is 0 Å². The second kappa shape index (κ2) is 3.48. The van der Waals surface area contributed by atoms with Crippen molar-refractivity contribution in [2.24, 2.45) is 0 Å². The largest absolute Gasteiger partial charge is 0.283 e. The normalized spacial score (nSPS) is 23.4. The third-order valence-corrected chi connectivity index (χ3v) is 3.40. The highest BCUT2D eigenvalue weighted by molar-refractivity contribution is 5.35. The maximum atomic E-state index is 4.35. The van der Waals surface area contributed by atoms with Crippen LogP contribution in [0.2, 0.25) is 0 Å². The number of H-pyrrole nitrogens is 1. The molecule has 1 heterocycles. The Morgan fingerprint density at radius 1 is 1.12 bits per heavy atom. The van der Waals surface area contributed by atoms with Crippen molar-refractivity contribution in [3.8, 4) is 0 Å². The third-order valence-electron chi connectivity index (χ3n) is 3.40. The summed E-state index contributed by atoms with van der Waals surface area (Å²) in [6.45, 7) is 4.19. The Morgan fingerprint density at radius 2 is 1.88 bits per heavy atom. The van der Waals surface area contributed by atoms with E-state index >= 15 is 0 Å². The minimum absolute atomic E-state index is 0.632. The number of rotatable bonds is 2. The summed E-state index contributed by atoms with van der Waals surface area (Å²) in [6.07, 6.45) is 1.24. The second-order valence-corrected chi connectivity index (χ2v) is 4.84. The maximum absolute atomic E-state index is 4.35. The van der Waals surface area contributed by atoms with Gasteiger partial charge >= 0.3 is 0 Å². The number of nitrogens with zero attached hydrogens (tertiary/aromatic N) is 1. The molecule has 2 nitrogen and oxygen atoms in total. The highest BCUT2D eigenvalue weighted by Crippen LogP contribution is 2.54. The number of nitrogens with one attached hydrogen (secondary N) is 1. The molecule has 1 fully saturated rings. The summed E-state index contributed by atoms with van der Waals surface area (Å²) in [7, 11) is 0. The molecule has 0 bridgehead atoms. The minimum atomic E-state index is 0.632. The van der Waals surface area contributed by atoms with E-state index in [4.69, 9.17) is 0 Å². The van der Waals surface area contributed by atoms with Gasteiger partial charge in [0.25, 0.3) is 0 Å². The van der Waals surface area contributed by atoms with Gasteiger partial charge in [0.1, 0.15) is 0 Å². The quantitative estimate of drug-likeness (QED) is 0.813. The van der Waals surface area contributed by atoms with Crippen LogP contribution in [0.4, 0.5) is 0 Å². The fourth-order valence-electron chi connectivity index (χ4n) is 2.33. The maximum Gasteiger partial charge on any atom is 0.0662 e. The van der Waals surface area contributed by atoms with E-state index in [1.54, 1.807) is 0 Å². The molecule has 1 N–H and O–H groups in total. The van der Waals surface area contributed by atoms with Crippen molar-refractivity contribution >= 4 is 0 Å². The number of hydrogen-bond donors (Lipinski definition) is 1. The molecule has 0 spiro atoms. The Morgan fingerprint density at radius 3 is 2.50 bits per heavy atom. The lowest BCUT2D eigenvalue weighted by molar-refractivity contribution is 0.926. The average molecular weight is 212 g/mol. The number of aryl methyl sites for hydroxylation is 2. The predicted molar refractivity (Wildman–Crippen MR) is 64.6 cm³/mol. The summed E-state index contributed by atoms with van der Waals surface area (Å²) in [5.74, 6) is 1.32. The van der Waals surface area contributed by atoms with E-state index < -0.39 is 0 Å². The van der Waals surface area contributed by atoms with Gasteiger partial charge in [-0.25, -0.2) is 0 Å². The van der Waals surface area contributed by atoms with Crippen molar-refractivity contribution < 1.29 is 0 Å². The van der Waals surface area contributed by atoms with Gasteiger partial charge in [-0.3, -0.25) is 5.10 Å². The van der Waals surface area contributed by atoms with Gasteiger partial charge in [-0.05, 0) is 37.8 Å². The van der Waals surface area contributed by atoms with Crippen LogP contribution < -0.4 is 0 Å². The molecule has 0 unspecified atom stereocenters. The summed E-state index contributed by atoms with van der Waals surface area (Å²) in [6, 6.07) is 11.1. The average Bonchev–Trinajstić information content (AvgIpc) is 2.96. The summed E-state index contributed by atoms with van der Waals surface area (Å²) >= 11 is 0. The first-order valence-corrected chi connectivity index (χ1v) is 5.82. The van der Waals surface area contributed by atoms with Crippen molar-refractivity contribution in [2.75, 3.05) is 0 Å². The smallest absolute Gasteiger partial charge is 0.0662 e. The van der Waals surface area contributed by atoms with Gasteiger partial charge in [0.05, 0.1) is 5.69 Å². The Kier molecular flexibility index (Phi) is 2.10. The van der Waals surface area contributed by atoms with Gasteiger partial charge in [0.2, 0.25) is 0 Å². The first-order chi connectivity index (χ1) is 7.74. The Balaban J connectivity index is 1.79. The van der Waals surface area contributed by atoms with E-state index in [-0.39, 0.29) is 0 Å². The molecular weight excluding hydrogens is 196 g/mol. The van der Waals surface area contributed by atoms with Crippen molar-refractivity contribution in [1.29, 1.82) is 0 Å². The Hall–Kier alpha value is -1.57. The standard InChI is InChI=1S/C14H16N2/c1-9-3-5-11(6-4-9)12-8-13(12)14-7-10(2)15-16-14/h3-7,12-13H,8H2,1-2H3,(H,15,16)/t12-,13+/m1/s1. The number of benzene rings is 1. The lowest BCUT2D eigenvalue weighted by Gasteiger charge is -1.99. The zero-order valence-electron chi connectivity index (χ0n) is 9.70. The molecule has 1 saturated carbocycles. The molecule has 0 radical (unpaired) electrons. The molecule has 3 rings (SSSR count). The van der Waals surface area contributed by atoms with Crippen molar-refractivity contribution in [3.05, 3.63) is 52.8 Å². The van der Waals surface area contributed by atoms with Gasteiger partial charge in [0.15, 0.2) is 0 Å². The first-order valence-electron chi connectivity index (χ1n) is 5.82. The molecule has 1 aromatic heterocycles. The van der Waals surface area contributed by atoms with Crippen molar-refractivity contribution in [1.82, 2.24) is 10.2 Å². The van der Waals surface area contributed by atoms with Crippen LogP contribution in [0, 0.1) is 13.8 Å². The fraction of sp³-hybridized carbons (Fsp3) is 0.357. The van der Waals surface area contributed by atoms with Gasteiger partial charge in [-0.2, -0.15) is 5.10 Å². The monoisotopic (exact) mass is 212 g/mol. The molecule has 1 aromatic carbocycles. The lowest BCUT2D eigenvalue weighted by Crippen LogP contribution is -1.85. The Bertz CT molecular complexity index is 496. The van der Waals surface area contributed by atoms with E-state index in [9.17, 15) is 0 Å². The third kappa shape index (κ3) is 1.64. The van der Waals surface area contributed by atoms with Gasteiger partial charge in [0, 0.05) is 11.6 Å². The summed E-state index contributed by atoms with van der Waals surface area (Å²) in [5, 5.41) is 7.37. The fourth-order valence-corrected chi connectivity index (χ4v) is 2.33.